The Labute approximate surface area is 100 Å². The lowest BCUT2D eigenvalue weighted by molar-refractivity contribution is -0.130. The Balaban J connectivity index is 3.00. The smallest absolute Gasteiger partial charge is 0.338 e. The molecule has 0 saturated carbocycles. The molecular formula is C13H16O4. The summed E-state index contributed by atoms with van der Waals surface area (Å²) in [6.07, 6.45) is -2.04. The van der Waals surface area contributed by atoms with Gasteiger partial charge in [-0.2, -0.15) is 0 Å². The molecule has 2 N–H and O–H groups in total. The fraction of sp³-hybridized carbons (Fsp3) is 0.308. The van der Waals surface area contributed by atoms with E-state index in [1.54, 1.807) is 24.3 Å². The van der Waals surface area contributed by atoms with E-state index in [1.165, 1.54) is 13.8 Å². The quantitative estimate of drug-likeness (QED) is 0.473. The van der Waals surface area contributed by atoms with E-state index in [0.29, 0.717) is 5.56 Å². The van der Waals surface area contributed by atoms with Crippen molar-refractivity contribution in [3.63, 3.8) is 0 Å². The second-order valence-electron chi connectivity index (χ2n) is 3.89. The minimum absolute atomic E-state index is 0.230. The molecule has 0 aromatic heterocycles. The number of rotatable bonds is 4. The van der Waals surface area contributed by atoms with Gasteiger partial charge in [-0.05, 0) is 19.9 Å². The van der Waals surface area contributed by atoms with Crippen LogP contribution in [0.4, 0.5) is 0 Å². The standard InChI is InChI=1S/C13H16O4/c1-8(2)13(16)17-11-7-5-4-6-10(11)12(15)9(3)14/h4-7,9,12,14-15H,1H2,2-3H3. The molecular weight excluding hydrogens is 220 g/mol. The molecule has 17 heavy (non-hydrogen) atoms. The van der Waals surface area contributed by atoms with E-state index in [2.05, 4.69) is 6.58 Å². The third-order valence-corrected chi connectivity index (χ3v) is 2.25. The molecule has 92 valence electrons. The van der Waals surface area contributed by atoms with Gasteiger partial charge in [0.25, 0.3) is 0 Å². The summed E-state index contributed by atoms with van der Waals surface area (Å²) in [6, 6.07) is 6.53. The fourth-order valence-electron chi connectivity index (χ4n) is 1.26. The van der Waals surface area contributed by atoms with E-state index in [-0.39, 0.29) is 11.3 Å². The van der Waals surface area contributed by atoms with Crippen LogP contribution in [0.25, 0.3) is 0 Å². The monoisotopic (exact) mass is 236 g/mol. The lowest BCUT2D eigenvalue weighted by Crippen LogP contribution is -2.17. The van der Waals surface area contributed by atoms with Crippen LogP contribution in [0.5, 0.6) is 5.75 Å². The van der Waals surface area contributed by atoms with Crippen molar-refractivity contribution in [2.75, 3.05) is 0 Å². The number of hydrogen-bond donors (Lipinski definition) is 2. The summed E-state index contributed by atoms with van der Waals surface area (Å²) < 4.78 is 5.07. The molecule has 4 heteroatoms. The minimum Gasteiger partial charge on any atom is -0.423 e. The predicted molar refractivity (Wildman–Crippen MR) is 63.5 cm³/mol. The fourth-order valence-corrected chi connectivity index (χ4v) is 1.26. The molecule has 0 aliphatic rings. The Kier molecular flexibility index (Phi) is 4.43. The van der Waals surface area contributed by atoms with E-state index in [9.17, 15) is 15.0 Å². The molecule has 1 rings (SSSR count). The van der Waals surface area contributed by atoms with Crippen LogP contribution in [0.1, 0.15) is 25.5 Å². The summed E-state index contributed by atoms with van der Waals surface area (Å²) in [5.41, 5.74) is 0.642. The van der Waals surface area contributed by atoms with E-state index in [0.717, 1.165) is 0 Å². The van der Waals surface area contributed by atoms with Gasteiger partial charge in [-0.25, -0.2) is 4.79 Å². The maximum absolute atomic E-state index is 11.4. The maximum atomic E-state index is 11.4. The lowest BCUT2D eigenvalue weighted by Gasteiger charge is -2.17. The zero-order chi connectivity index (χ0) is 13.0. The number of hydrogen-bond acceptors (Lipinski definition) is 4. The van der Waals surface area contributed by atoms with Crippen LogP contribution in [-0.4, -0.2) is 22.3 Å². The molecule has 0 radical (unpaired) electrons. The van der Waals surface area contributed by atoms with Gasteiger partial charge in [0.05, 0.1) is 6.10 Å². The van der Waals surface area contributed by atoms with E-state index in [1.807, 2.05) is 0 Å². The molecule has 0 bridgehead atoms. The summed E-state index contributed by atoms with van der Waals surface area (Å²) >= 11 is 0. The molecule has 2 atom stereocenters. The van der Waals surface area contributed by atoms with Gasteiger partial charge in [0.1, 0.15) is 11.9 Å². The molecule has 4 nitrogen and oxygen atoms in total. The van der Waals surface area contributed by atoms with E-state index < -0.39 is 18.2 Å². The van der Waals surface area contributed by atoms with Crippen molar-refractivity contribution >= 4 is 5.97 Å². The SMILES string of the molecule is C=C(C)C(=O)Oc1ccccc1C(O)C(C)O. The number of ether oxygens (including phenoxy) is 1. The van der Waals surface area contributed by atoms with Crippen LogP contribution >= 0.6 is 0 Å². The molecule has 0 aliphatic carbocycles. The highest BCUT2D eigenvalue weighted by Gasteiger charge is 2.19. The largest absolute Gasteiger partial charge is 0.423 e. The first-order valence-electron chi connectivity index (χ1n) is 5.26. The molecule has 0 amide bonds. The molecule has 0 heterocycles. The number of benzene rings is 1. The van der Waals surface area contributed by atoms with Gasteiger partial charge >= 0.3 is 5.97 Å². The second kappa shape index (κ2) is 5.61. The van der Waals surface area contributed by atoms with Crippen molar-refractivity contribution < 1.29 is 19.7 Å². The lowest BCUT2D eigenvalue weighted by atomic mass is 10.0. The van der Waals surface area contributed by atoms with Crippen molar-refractivity contribution in [1.82, 2.24) is 0 Å². The van der Waals surface area contributed by atoms with Crippen LogP contribution in [0.15, 0.2) is 36.4 Å². The first-order valence-corrected chi connectivity index (χ1v) is 5.26. The topological polar surface area (TPSA) is 66.8 Å². The van der Waals surface area contributed by atoms with Gasteiger partial charge in [0.2, 0.25) is 0 Å². The molecule has 0 fully saturated rings. The molecule has 1 aromatic carbocycles. The second-order valence-corrected chi connectivity index (χ2v) is 3.89. The highest BCUT2D eigenvalue weighted by atomic mass is 16.5. The minimum atomic E-state index is -1.09. The van der Waals surface area contributed by atoms with E-state index in [4.69, 9.17) is 4.74 Å². The Morgan fingerprint density at radius 3 is 2.47 bits per heavy atom. The normalized spacial score (nSPS) is 13.9. The number of carbonyl (C=O) groups excluding carboxylic acids is 1. The van der Waals surface area contributed by atoms with Gasteiger partial charge < -0.3 is 14.9 Å². The highest BCUT2D eigenvalue weighted by Crippen LogP contribution is 2.27. The van der Waals surface area contributed by atoms with Gasteiger partial charge in [0, 0.05) is 11.1 Å². The molecule has 1 aromatic rings. The van der Waals surface area contributed by atoms with Gasteiger partial charge in [-0.1, -0.05) is 24.8 Å². The zero-order valence-corrected chi connectivity index (χ0v) is 9.88. The Morgan fingerprint density at radius 2 is 1.94 bits per heavy atom. The highest BCUT2D eigenvalue weighted by molar-refractivity contribution is 5.88. The molecule has 0 saturated heterocycles. The summed E-state index contributed by atoms with van der Waals surface area (Å²) in [5.74, 6) is -0.329. The number of aliphatic hydroxyl groups is 2. The van der Waals surface area contributed by atoms with Crippen LogP contribution in [0.3, 0.4) is 0 Å². The average Bonchev–Trinajstić information content (AvgIpc) is 2.28. The third kappa shape index (κ3) is 3.41. The number of aliphatic hydroxyl groups excluding tert-OH is 2. The van der Waals surface area contributed by atoms with Crippen LogP contribution in [0.2, 0.25) is 0 Å². The van der Waals surface area contributed by atoms with Crippen molar-refractivity contribution in [1.29, 1.82) is 0 Å². The third-order valence-electron chi connectivity index (χ3n) is 2.25. The summed E-state index contributed by atoms with van der Waals surface area (Å²) in [6.45, 7) is 6.47. The number of para-hydroxylation sites is 1. The van der Waals surface area contributed by atoms with Crippen LogP contribution in [0, 0.1) is 0 Å². The van der Waals surface area contributed by atoms with Gasteiger partial charge in [-0.15, -0.1) is 0 Å². The van der Waals surface area contributed by atoms with Crippen molar-refractivity contribution in [3.05, 3.63) is 42.0 Å². The van der Waals surface area contributed by atoms with Crippen molar-refractivity contribution in [2.45, 2.75) is 26.1 Å². The number of carbonyl (C=O) groups is 1. The first-order chi connectivity index (χ1) is 7.93. The van der Waals surface area contributed by atoms with Crippen LogP contribution in [-0.2, 0) is 4.79 Å². The van der Waals surface area contributed by atoms with Crippen LogP contribution < -0.4 is 4.74 Å². The number of esters is 1. The predicted octanol–water partition coefficient (Wildman–Crippen LogP) is 1.58. The Morgan fingerprint density at radius 1 is 1.35 bits per heavy atom. The molecule has 0 aliphatic heterocycles. The van der Waals surface area contributed by atoms with Gasteiger partial charge in [0.15, 0.2) is 0 Å². The van der Waals surface area contributed by atoms with Gasteiger partial charge in [-0.3, -0.25) is 0 Å². The summed E-state index contributed by atoms with van der Waals surface area (Å²) in [7, 11) is 0. The van der Waals surface area contributed by atoms with Crippen molar-refractivity contribution in [2.24, 2.45) is 0 Å². The molecule has 2 unspecified atom stereocenters. The zero-order valence-electron chi connectivity index (χ0n) is 9.88. The first kappa shape index (κ1) is 13.4. The van der Waals surface area contributed by atoms with E-state index >= 15 is 0 Å². The average molecular weight is 236 g/mol. The summed E-state index contributed by atoms with van der Waals surface area (Å²) in [5, 5.41) is 19.1. The Hall–Kier alpha value is -1.65. The maximum Gasteiger partial charge on any atom is 0.338 e. The van der Waals surface area contributed by atoms with Crippen molar-refractivity contribution in [3.8, 4) is 5.75 Å². The Bertz CT molecular complexity index is 423. The summed E-state index contributed by atoms with van der Waals surface area (Å²) in [4.78, 5) is 11.4. The molecule has 0 spiro atoms.